The van der Waals surface area contributed by atoms with Crippen LogP contribution in [0.1, 0.15) is 123 Å². The SMILES string of the molecule is CC/C=C\C/C=C\C/C=C\C/C=C\CCC(=O)OC(COC(=O)CCCCCCCCCCCC)COC1OC(COC2OC(CO)C(O)C(O)C2O)C(O)C(O)C1O. The van der Waals surface area contributed by atoms with E-state index in [2.05, 4.69) is 44.2 Å². The van der Waals surface area contributed by atoms with Crippen LogP contribution in [0.2, 0.25) is 0 Å². The molecule has 11 atom stereocenters. The van der Waals surface area contributed by atoms with Crippen molar-refractivity contribution in [2.45, 2.75) is 191 Å². The van der Waals surface area contributed by atoms with Crippen molar-refractivity contribution < 1.29 is 73.8 Å². The Hall–Kier alpha value is -2.54. The van der Waals surface area contributed by atoms with Crippen molar-refractivity contribution in [3.8, 4) is 0 Å². The number of aliphatic hydroxyl groups is 7. The van der Waals surface area contributed by atoms with Crippen LogP contribution in [0.3, 0.4) is 0 Å². The molecule has 2 heterocycles. The molecule has 15 heteroatoms. The summed E-state index contributed by atoms with van der Waals surface area (Å²) in [6, 6.07) is 0. The summed E-state index contributed by atoms with van der Waals surface area (Å²) in [6.45, 7) is 2.34. The van der Waals surface area contributed by atoms with Crippen LogP contribution in [-0.4, -0.2) is 142 Å². The van der Waals surface area contributed by atoms with Crippen LogP contribution in [0, 0.1) is 0 Å². The summed E-state index contributed by atoms with van der Waals surface area (Å²) in [7, 11) is 0. The minimum Gasteiger partial charge on any atom is -0.462 e. The van der Waals surface area contributed by atoms with E-state index in [1.807, 2.05) is 18.2 Å². The Labute approximate surface area is 350 Å². The third-order valence-electron chi connectivity index (χ3n) is 10.1. The predicted molar refractivity (Wildman–Crippen MR) is 220 cm³/mol. The minimum absolute atomic E-state index is 0.0438. The normalized spacial score (nSPS) is 28.3. The van der Waals surface area contributed by atoms with Crippen molar-refractivity contribution in [3.63, 3.8) is 0 Å². The highest BCUT2D eigenvalue weighted by molar-refractivity contribution is 5.70. The minimum atomic E-state index is -1.77. The zero-order valence-corrected chi connectivity index (χ0v) is 35.2. The second-order valence-corrected chi connectivity index (χ2v) is 15.1. The topological polar surface area (TPSA) is 231 Å². The Morgan fingerprint density at radius 1 is 0.559 bits per heavy atom. The smallest absolute Gasteiger partial charge is 0.306 e. The lowest BCUT2D eigenvalue weighted by Crippen LogP contribution is -2.61. The van der Waals surface area contributed by atoms with E-state index < -0.39 is 99.3 Å². The van der Waals surface area contributed by atoms with Crippen LogP contribution in [0.4, 0.5) is 0 Å². The van der Waals surface area contributed by atoms with Gasteiger partial charge in [-0.25, -0.2) is 0 Å². The molecule has 2 aliphatic heterocycles. The Balaban J connectivity index is 1.91. The molecule has 2 aliphatic rings. The molecule has 0 amide bonds. The Morgan fingerprint density at radius 3 is 1.64 bits per heavy atom. The molecule has 0 aromatic carbocycles. The molecular weight excluding hydrogens is 768 g/mol. The summed E-state index contributed by atoms with van der Waals surface area (Å²) >= 11 is 0. The molecule has 11 unspecified atom stereocenters. The summed E-state index contributed by atoms with van der Waals surface area (Å²) in [6.07, 6.45) is 14.7. The molecule has 7 N–H and O–H groups in total. The van der Waals surface area contributed by atoms with E-state index in [9.17, 15) is 45.3 Å². The van der Waals surface area contributed by atoms with Gasteiger partial charge in [-0.3, -0.25) is 9.59 Å². The van der Waals surface area contributed by atoms with Gasteiger partial charge in [0.15, 0.2) is 18.7 Å². The Bertz CT molecular complexity index is 1220. The van der Waals surface area contributed by atoms with E-state index in [4.69, 9.17) is 28.4 Å². The fraction of sp³-hybridized carbons (Fsp3) is 0.773. The molecule has 0 radical (unpaired) electrons. The molecule has 59 heavy (non-hydrogen) atoms. The van der Waals surface area contributed by atoms with Gasteiger partial charge in [-0.2, -0.15) is 0 Å². The monoisotopic (exact) mass is 843 g/mol. The van der Waals surface area contributed by atoms with Crippen molar-refractivity contribution in [1.82, 2.24) is 0 Å². The molecule has 2 rings (SSSR count). The number of aliphatic hydroxyl groups excluding tert-OH is 7. The zero-order valence-electron chi connectivity index (χ0n) is 35.2. The summed E-state index contributed by atoms with van der Waals surface area (Å²) < 4.78 is 33.3. The number of esters is 2. The zero-order chi connectivity index (χ0) is 43.3. The first-order valence-corrected chi connectivity index (χ1v) is 21.7. The molecule has 0 aromatic rings. The van der Waals surface area contributed by atoms with Gasteiger partial charge in [0, 0.05) is 12.8 Å². The van der Waals surface area contributed by atoms with Crippen LogP contribution < -0.4 is 0 Å². The van der Waals surface area contributed by atoms with Crippen molar-refractivity contribution in [2.24, 2.45) is 0 Å². The van der Waals surface area contributed by atoms with Crippen LogP contribution in [0.5, 0.6) is 0 Å². The lowest BCUT2D eigenvalue weighted by molar-refractivity contribution is -0.332. The molecular formula is C44H74O15. The fourth-order valence-corrected chi connectivity index (χ4v) is 6.46. The highest BCUT2D eigenvalue weighted by Gasteiger charge is 2.47. The number of unbranched alkanes of at least 4 members (excludes halogenated alkanes) is 9. The van der Waals surface area contributed by atoms with Gasteiger partial charge in [-0.15, -0.1) is 0 Å². The third kappa shape index (κ3) is 21.7. The predicted octanol–water partition coefficient (Wildman–Crippen LogP) is 3.98. The van der Waals surface area contributed by atoms with Crippen molar-refractivity contribution in [3.05, 3.63) is 48.6 Å². The van der Waals surface area contributed by atoms with Crippen LogP contribution in [0.25, 0.3) is 0 Å². The third-order valence-corrected chi connectivity index (χ3v) is 10.1. The second-order valence-electron chi connectivity index (χ2n) is 15.1. The quantitative estimate of drug-likeness (QED) is 0.0297. The lowest BCUT2D eigenvalue weighted by atomic mass is 9.98. The number of carbonyl (C=O) groups is 2. The summed E-state index contributed by atoms with van der Waals surface area (Å²) in [5, 5.41) is 71.7. The fourth-order valence-electron chi connectivity index (χ4n) is 6.46. The molecule has 2 saturated heterocycles. The van der Waals surface area contributed by atoms with Gasteiger partial charge in [0.25, 0.3) is 0 Å². The first kappa shape index (κ1) is 52.6. The number of allylic oxidation sites excluding steroid dienone is 8. The molecule has 15 nitrogen and oxygen atoms in total. The van der Waals surface area contributed by atoms with Crippen molar-refractivity contribution in [2.75, 3.05) is 26.4 Å². The molecule has 0 aliphatic carbocycles. The summed E-state index contributed by atoms with van der Waals surface area (Å²) in [4.78, 5) is 25.5. The highest BCUT2D eigenvalue weighted by atomic mass is 16.7. The maximum absolute atomic E-state index is 12.9. The summed E-state index contributed by atoms with van der Waals surface area (Å²) in [5.74, 6) is -1.03. The van der Waals surface area contributed by atoms with Gasteiger partial charge in [-0.1, -0.05) is 120 Å². The summed E-state index contributed by atoms with van der Waals surface area (Å²) in [5.41, 5.74) is 0. The van der Waals surface area contributed by atoms with Gasteiger partial charge < -0.3 is 64.2 Å². The van der Waals surface area contributed by atoms with E-state index in [0.717, 1.165) is 38.5 Å². The van der Waals surface area contributed by atoms with Gasteiger partial charge >= 0.3 is 11.9 Å². The van der Waals surface area contributed by atoms with Crippen LogP contribution in [-0.2, 0) is 38.0 Å². The molecule has 0 saturated carbocycles. The van der Waals surface area contributed by atoms with E-state index in [1.165, 1.54) is 38.5 Å². The van der Waals surface area contributed by atoms with E-state index in [1.54, 1.807) is 0 Å². The van der Waals surface area contributed by atoms with E-state index in [-0.39, 0.29) is 19.4 Å². The number of rotatable bonds is 31. The average molecular weight is 843 g/mol. The van der Waals surface area contributed by atoms with E-state index >= 15 is 0 Å². The average Bonchev–Trinajstić information content (AvgIpc) is 3.23. The lowest BCUT2D eigenvalue weighted by Gasteiger charge is -2.42. The molecule has 0 bridgehead atoms. The highest BCUT2D eigenvalue weighted by Crippen LogP contribution is 2.26. The molecule has 2 fully saturated rings. The standard InChI is InChI=1S/C44H74O15/c1-3-5-7-9-11-13-15-16-17-19-21-23-25-27-36(47)57-32(29-54-35(46)26-24-22-20-18-14-12-10-8-6-4-2)30-55-43-42(53)40(51)38(49)34(59-43)31-56-44-41(52)39(50)37(48)33(28-45)58-44/h5,7,11,13,16-17,21,23,32-34,37-45,48-53H,3-4,6,8-10,12,14-15,18-20,22,24-31H2,1-2H3/b7-5-,13-11-,17-16-,23-21-. The van der Waals surface area contributed by atoms with E-state index in [0.29, 0.717) is 19.3 Å². The molecule has 0 spiro atoms. The molecule has 340 valence electrons. The first-order valence-electron chi connectivity index (χ1n) is 21.7. The number of ether oxygens (including phenoxy) is 6. The number of hydrogen-bond donors (Lipinski definition) is 7. The van der Waals surface area contributed by atoms with Crippen molar-refractivity contribution in [1.29, 1.82) is 0 Å². The van der Waals surface area contributed by atoms with Gasteiger partial charge in [0.1, 0.15) is 55.4 Å². The van der Waals surface area contributed by atoms with Gasteiger partial charge in [0.2, 0.25) is 0 Å². The molecule has 0 aromatic heterocycles. The van der Waals surface area contributed by atoms with Crippen molar-refractivity contribution >= 4 is 11.9 Å². The Morgan fingerprint density at radius 2 is 1.07 bits per heavy atom. The Kier molecular flexibility index (Phi) is 28.7. The van der Waals surface area contributed by atoms with Gasteiger partial charge in [-0.05, 0) is 38.5 Å². The maximum Gasteiger partial charge on any atom is 0.306 e. The van der Waals surface area contributed by atoms with Crippen LogP contribution in [0.15, 0.2) is 48.6 Å². The maximum atomic E-state index is 12.9. The van der Waals surface area contributed by atoms with Crippen LogP contribution >= 0.6 is 0 Å². The second kappa shape index (κ2) is 32.2. The van der Waals surface area contributed by atoms with Gasteiger partial charge in [0.05, 0.1) is 19.8 Å². The first-order chi connectivity index (χ1) is 28.5. The number of carbonyl (C=O) groups excluding carboxylic acids is 2. The number of hydrogen-bond acceptors (Lipinski definition) is 15. The largest absolute Gasteiger partial charge is 0.462 e.